The second-order valence-electron chi connectivity index (χ2n) is 4.16. The van der Waals surface area contributed by atoms with E-state index in [0.717, 1.165) is 12.8 Å². The number of hydrogen-bond acceptors (Lipinski definition) is 3. The number of rotatable bonds is 2. The van der Waals surface area contributed by atoms with E-state index in [0.29, 0.717) is 0 Å². The van der Waals surface area contributed by atoms with Gasteiger partial charge in [-0.3, -0.25) is 0 Å². The van der Waals surface area contributed by atoms with Crippen LogP contribution in [0, 0.1) is 11.8 Å². The van der Waals surface area contributed by atoms with Gasteiger partial charge in [-0.2, -0.15) is 0 Å². The maximum atomic E-state index is 10.8. The number of aryl methyl sites for hydroxylation is 1. The Hall–Kier alpha value is -1.95. The first-order valence-corrected chi connectivity index (χ1v) is 5.58. The molecule has 17 heavy (non-hydrogen) atoms. The van der Waals surface area contributed by atoms with Crippen LogP contribution in [0.4, 0.5) is 4.79 Å². The number of ether oxygens (including phenoxy) is 2. The van der Waals surface area contributed by atoms with Crippen molar-refractivity contribution < 1.29 is 14.3 Å². The Morgan fingerprint density at radius 1 is 1.35 bits per heavy atom. The molecule has 3 nitrogen and oxygen atoms in total. The fourth-order valence-electron chi connectivity index (χ4n) is 1.60. The van der Waals surface area contributed by atoms with Crippen molar-refractivity contribution in [2.24, 2.45) is 0 Å². The average Bonchev–Trinajstić information content (AvgIpc) is 2.67. The normalized spacial score (nSPS) is 22.3. The highest BCUT2D eigenvalue weighted by Crippen LogP contribution is 2.18. The van der Waals surface area contributed by atoms with E-state index in [4.69, 9.17) is 9.47 Å². The first-order chi connectivity index (χ1) is 8.18. The molecule has 0 bridgehead atoms. The zero-order valence-electron chi connectivity index (χ0n) is 9.73. The minimum Gasteiger partial charge on any atom is -0.429 e. The lowest BCUT2D eigenvalue weighted by Crippen LogP contribution is -2.24. The van der Waals surface area contributed by atoms with Crippen LogP contribution in [0.15, 0.2) is 30.3 Å². The summed E-state index contributed by atoms with van der Waals surface area (Å²) in [6.45, 7) is 1.97. The van der Waals surface area contributed by atoms with Crippen molar-refractivity contribution in [1.82, 2.24) is 0 Å². The van der Waals surface area contributed by atoms with E-state index < -0.39 is 11.8 Å². The van der Waals surface area contributed by atoms with Gasteiger partial charge >= 0.3 is 6.16 Å². The molecule has 1 aliphatic rings. The summed E-state index contributed by atoms with van der Waals surface area (Å²) in [4.78, 5) is 10.8. The molecule has 1 atom stereocenters. The van der Waals surface area contributed by atoms with Crippen molar-refractivity contribution in [1.29, 1.82) is 0 Å². The zero-order valence-corrected chi connectivity index (χ0v) is 9.73. The van der Waals surface area contributed by atoms with Crippen LogP contribution in [0.1, 0.15) is 18.9 Å². The van der Waals surface area contributed by atoms with Crippen molar-refractivity contribution in [2.45, 2.75) is 25.4 Å². The van der Waals surface area contributed by atoms with Crippen LogP contribution in [-0.2, 0) is 15.9 Å². The highest BCUT2D eigenvalue weighted by Gasteiger charge is 2.35. The molecule has 1 unspecified atom stereocenters. The molecule has 2 rings (SSSR count). The van der Waals surface area contributed by atoms with Gasteiger partial charge < -0.3 is 9.47 Å². The highest BCUT2D eigenvalue weighted by molar-refractivity contribution is 5.63. The number of carbonyl (C=O) groups is 1. The van der Waals surface area contributed by atoms with E-state index in [2.05, 4.69) is 24.0 Å². The van der Waals surface area contributed by atoms with Crippen molar-refractivity contribution in [3.05, 3.63) is 35.9 Å². The van der Waals surface area contributed by atoms with E-state index in [1.54, 1.807) is 6.92 Å². The van der Waals surface area contributed by atoms with Gasteiger partial charge in [0, 0.05) is 6.42 Å². The summed E-state index contributed by atoms with van der Waals surface area (Å²) in [6, 6.07) is 10.2. The Labute approximate surface area is 101 Å². The molecule has 0 aliphatic carbocycles. The van der Waals surface area contributed by atoms with Gasteiger partial charge in [-0.15, -0.1) is 0 Å². The summed E-state index contributed by atoms with van der Waals surface area (Å²) in [7, 11) is 0. The predicted octanol–water partition coefficient (Wildman–Crippen LogP) is 2.55. The third kappa shape index (κ3) is 3.25. The lowest BCUT2D eigenvalue weighted by Gasteiger charge is -2.09. The third-order valence-corrected chi connectivity index (χ3v) is 2.51. The minimum absolute atomic E-state index is 0.212. The fraction of sp³-hybridized carbons (Fsp3) is 0.357. The Morgan fingerprint density at radius 2 is 2.12 bits per heavy atom. The Morgan fingerprint density at radius 3 is 2.76 bits per heavy atom. The van der Waals surface area contributed by atoms with Crippen LogP contribution >= 0.6 is 0 Å². The van der Waals surface area contributed by atoms with Crippen LogP contribution in [0.5, 0.6) is 0 Å². The van der Waals surface area contributed by atoms with E-state index in [1.165, 1.54) is 5.56 Å². The fourth-order valence-corrected chi connectivity index (χ4v) is 1.60. The van der Waals surface area contributed by atoms with Gasteiger partial charge in [-0.25, -0.2) is 4.79 Å². The summed E-state index contributed by atoms with van der Waals surface area (Å²) in [5, 5.41) is 0. The largest absolute Gasteiger partial charge is 0.510 e. The molecule has 1 aromatic rings. The standard InChI is InChI=1S/C14H14O3/c1-14(11-16-13(15)17-14)10-6-5-9-12-7-3-2-4-8-12/h2-4,7-8H,5,9,11H2,1H3. The van der Waals surface area contributed by atoms with Gasteiger partial charge in [0.1, 0.15) is 6.61 Å². The third-order valence-electron chi connectivity index (χ3n) is 2.51. The minimum atomic E-state index is -0.770. The molecule has 1 heterocycles. The summed E-state index contributed by atoms with van der Waals surface area (Å²) >= 11 is 0. The maximum Gasteiger partial charge on any atom is 0.510 e. The second-order valence-corrected chi connectivity index (χ2v) is 4.16. The highest BCUT2D eigenvalue weighted by atomic mass is 16.8. The average molecular weight is 230 g/mol. The SMILES string of the molecule is CC1(C#CCCc2ccccc2)COC(=O)O1. The van der Waals surface area contributed by atoms with Crippen LogP contribution in [0.3, 0.4) is 0 Å². The lowest BCUT2D eigenvalue weighted by molar-refractivity contribution is 0.103. The topological polar surface area (TPSA) is 35.5 Å². The molecule has 3 heteroatoms. The van der Waals surface area contributed by atoms with Gasteiger partial charge in [0.05, 0.1) is 0 Å². The smallest absolute Gasteiger partial charge is 0.429 e. The molecule has 1 aliphatic heterocycles. The summed E-state index contributed by atoms with van der Waals surface area (Å²) in [5.74, 6) is 5.97. The Balaban J connectivity index is 1.85. The molecule has 0 saturated carbocycles. The van der Waals surface area contributed by atoms with Crippen LogP contribution in [0.2, 0.25) is 0 Å². The van der Waals surface area contributed by atoms with E-state index in [1.807, 2.05) is 18.2 Å². The number of hydrogen-bond donors (Lipinski definition) is 0. The number of cyclic esters (lactones) is 2. The van der Waals surface area contributed by atoms with Gasteiger partial charge in [-0.05, 0) is 18.9 Å². The molecule has 88 valence electrons. The molecule has 1 aromatic carbocycles. The van der Waals surface area contributed by atoms with Crippen LogP contribution < -0.4 is 0 Å². The Kier molecular flexibility index (Phi) is 3.34. The quantitative estimate of drug-likeness (QED) is 0.578. The summed E-state index contributed by atoms with van der Waals surface area (Å²) in [6.07, 6.45) is 1.01. The van der Waals surface area contributed by atoms with Crippen molar-refractivity contribution in [3.63, 3.8) is 0 Å². The van der Waals surface area contributed by atoms with Gasteiger partial charge in [0.25, 0.3) is 0 Å². The van der Waals surface area contributed by atoms with Crippen LogP contribution in [-0.4, -0.2) is 18.4 Å². The van der Waals surface area contributed by atoms with Crippen molar-refractivity contribution >= 4 is 6.16 Å². The van der Waals surface area contributed by atoms with E-state index in [-0.39, 0.29) is 6.61 Å². The van der Waals surface area contributed by atoms with E-state index in [9.17, 15) is 4.79 Å². The maximum absolute atomic E-state index is 10.8. The monoisotopic (exact) mass is 230 g/mol. The zero-order chi connectivity index (χ0) is 12.1. The predicted molar refractivity (Wildman–Crippen MR) is 63.4 cm³/mol. The van der Waals surface area contributed by atoms with Crippen LogP contribution in [0.25, 0.3) is 0 Å². The van der Waals surface area contributed by atoms with Gasteiger partial charge in [0.2, 0.25) is 5.60 Å². The van der Waals surface area contributed by atoms with Gasteiger partial charge in [0.15, 0.2) is 0 Å². The first-order valence-electron chi connectivity index (χ1n) is 5.58. The molecule has 1 fully saturated rings. The molecule has 0 radical (unpaired) electrons. The van der Waals surface area contributed by atoms with E-state index >= 15 is 0 Å². The number of benzene rings is 1. The molecule has 0 aromatic heterocycles. The van der Waals surface area contributed by atoms with Crippen molar-refractivity contribution in [2.75, 3.05) is 6.61 Å². The Bertz CT molecular complexity index is 455. The summed E-state index contributed by atoms with van der Waals surface area (Å²) < 4.78 is 9.69. The molecule has 0 amide bonds. The molecule has 1 saturated heterocycles. The molecular formula is C14H14O3. The lowest BCUT2D eigenvalue weighted by atomic mass is 10.1. The molecular weight excluding hydrogens is 216 g/mol. The second kappa shape index (κ2) is 4.92. The van der Waals surface area contributed by atoms with Crippen molar-refractivity contribution in [3.8, 4) is 11.8 Å². The van der Waals surface area contributed by atoms with Gasteiger partial charge in [-0.1, -0.05) is 42.2 Å². The first kappa shape index (κ1) is 11.5. The molecule has 0 N–H and O–H groups in total. The molecule has 0 spiro atoms. The number of carbonyl (C=O) groups excluding carboxylic acids is 1. The summed E-state index contributed by atoms with van der Waals surface area (Å²) in [5.41, 5.74) is 0.486.